The minimum atomic E-state index is -0.132. The zero-order valence-corrected chi connectivity index (χ0v) is 14.8. The van der Waals surface area contributed by atoms with E-state index in [0.717, 1.165) is 22.7 Å². The molecule has 0 bridgehead atoms. The number of urea groups is 1. The predicted molar refractivity (Wildman–Crippen MR) is 98.4 cm³/mol. The van der Waals surface area contributed by atoms with Gasteiger partial charge in [-0.1, -0.05) is 19.9 Å². The Labute approximate surface area is 147 Å². The Morgan fingerprint density at radius 2 is 2.16 bits per heavy atom. The van der Waals surface area contributed by atoms with Crippen molar-refractivity contribution in [2.45, 2.75) is 27.3 Å². The highest BCUT2D eigenvalue weighted by Crippen LogP contribution is 2.14. The molecule has 25 heavy (non-hydrogen) atoms. The Bertz CT molecular complexity index is 857. The van der Waals surface area contributed by atoms with E-state index in [1.54, 1.807) is 11.1 Å². The van der Waals surface area contributed by atoms with Gasteiger partial charge in [0.05, 0.1) is 17.9 Å². The third-order valence-corrected chi connectivity index (χ3v) is 3.78. The summed E-state index contributed by atoms with van der Waals surface area (Å²) in [6.07, 6.45) is 5.60. The molecular weight excluding hydrogens is 314 g/mol. The van der Waals surface area contributed by atoms with Crippen LogP contribution in [0.5, 0.6) is 0 Å². The fourth-order valence-electron chi connectivity index (χ4n) is 2.74. The molecule has 0 unspecified atom stereocenters. The number of carbonyl (C=O) groups excluding carboxylic acids is 1. The summed E-state index contributed by atoms with van der Waals surface area (Å²) in [5, 5.41) is 2.97. The van der Waals surface area contributed by atoms with E-state index >= 15 is 0 Å². The van der Waals surface area contributed by atoms with Crippen molar-refractivity contribution in [1.82, 2.24) is 19.3 Å². The lowest BCUT2D eigenvalue weighted by Crippen LogP contribution is -2.37. The Balaban J connectivity index is 1.76. The molecule has 0 aliphatic carbocycles. The summed E-state index contributed by atoms with van der Waals surface area (Å²) in [5.74, 6) is 0.367. The number of pyridine rings is 2. The average Bonchev–Trinajstić information content (AvgIpc) is 2.94. The van der Waals surface area contributed by atoms with Gasteiger partial charge in [0.15, 0.2) is 0 Å². The molecule has 0 aromatic carbocycles. The molecule has 1 N–H and O–H groups in total. The van der Waals surface area contributed by atoms with E-state index in [0.29, 0.717) is 19.0 Å². The first-order valence-electron chi connectivity index (χ1n) is 8.42. The lowest BCUT2D eigenvalue weighted by molar-refractivity contribution is 0.201. The molecule has 3 aromatic heterocycles. The van der Waals surface area contributed by atoms with Gasteiger partial charge in [0, 0.05) is 36.9 Å². The zero-order chi connectivity index (χ0) is 17.8. The summed E-state index contributed by atoms with van der Waals surface area (Å²) >= 11 is 0. The van der Waals surface area contributed by atoms with Crippen LogP contribution in [0.1, 0.15) is 25.2 Å². The number of amides is 2. The molecule has 0 radical (unpaired) electrons. The molecule has 3 rings (SSSR count). The van der Waals surface area contributed by atoms with Crippen molar-refractivity contribution < 1.29 is 4.79 Å². The molecule has 0 fully saturated rings. The van der Waals surface area contributed by atoms with Gasteiger partial charge in [0.25, 0.3) is 0 Å². The summed E-state index contributed by atoms with van der Waals surface area (Å²) in [4.78, 5) is 23.3. The molecule has 0 spiro atoms. The normalized spacial score (nSPS) is 11.0. The van der Waals surface area contributed by atoms with Crippen LogP contribution < -0.4 is 5.32 Å². The van der Waals surface area contributed by atoms with Gasteiger partial charge in [-0.25, -0.2) is 9.78 Å². The van der Waals surface area contributed by atoms with Gasteiger partial charge in [-0.2, -0.15) is 0 Å². The second kappa shape index (κ2) is 7.34. The van der Waals surface area contributed by atoms with Crippen LogP contribution in [0.25, 0.3) is 5.65 Å². The molecule has 2 amide bonds. The molecule has 0 saturated heterocycles. The first-order chi connectivity index (χ1) is 12.0. The number of nitrogens with one attached hydrogen (secondary N) is 1. The molecule has 0 atom stereocenters. The van der Waals surface area contributed by atoms with Crippen molar-refractivity contribution >= 4 is 17.4 Å². The van der Waals surface area contributed by atoms with Crippen LogP contribution in [0.2, 0.25) is 0 Å². The van der Waals surface area contributed by atoms with E-state index in [1.807, 2.05) is 54.0 Å². The van der Waals surface area contributed by atoms with E-state index in [4.69, 9.17) is 0 Å². The number of fused-ring (bicyclic) bond motifs is 1. The zero-order valence-electron chi connectivity index (χ0n) is 14.8. The number of hydrogen-bond donors (Lipinski definition) is 1. The van der Waals surface area contributed by atoms with Crippen LogP contribution in [0.3, 0.4) is 0 Å². The Morgan fingerprint density at radius 1 is 1.32 bits per heavy atom. The maximum Gasteiger partial charge on any atom is 0.322 e. The van der Waals surface area contributed by atoms with Crippen molar-refractivity contribution in [1.29, 1.82) is 0 Å². The summed E-state index contributed by atoms with van der Waals surface area (Å²) in [7, 11) is 0. The molecular formula is C19H23N5O. The van der Waals surface area contributed by atoms with Crippen molar-refractivity contribution in [2.75, 3.05) is 11.9 Å². The number of rotatable bonds is 5. The second-order valence-corrected chi connectivity index (χ2v) is 6.59. The van der Waals surface area contributed by atoms with Crippen LogP contribution >= 0.6 is 0 Å². The Morgan fingerprint density at radius 3 is 2.88 bits per heavy atom. The van der Waals surface area contributed by atoms with Gasteiger partial charge >= 0.3 is 6.03 Å². The minimum Gasteiger partial charge on any atom is -0.318 e. The van der Waals surface area contributed by atoms with Gasteiger partial charge in [-0.15, -0.1) is 0 Å². The fourth-order valence-corrected chi connectivity index (χ4v) is 2.74. The van der Waals surface area contributed by atoms with Crippen molar-refractivity contribution in [3.8, 4) is 0 Å². The molecule has 6 heteroatoms. The first-order valence-corrected chi connectivity index (χ1v) is 8.42. The predicted octanol–water partition coefficient (Wildman–Crippen LogP) is 3.73. The van der Waals surface area contributed by atoms with Crippen molar-refractivity contribution in [2.24, 2.45) is 5.92 Å². The number of hydrogen-bond acceptors (Lipinski definition) is 3. The van der Waals surface area contributed by atoms with Gasteiger partial charge < -0.3 is 14.6 Å². The van der Waals surface area contributed by atoms with Gasteiger partial charge in [0.2, 0.25) is 0 Å². The Kier molecular flexibility index (Phi) is 4.97. The summed E-state index contributed by atoms with van der Waals surface area (Å²) < 4.78 is 1.94. The van der Waals surface area contributed by atoms with Crippen LogP contribution in [0, 0.1) is 12.8 Å². The SMILES string of the molecule is Cc1cn2ccc(NC(=O)N(Cc3ccccn3)CC(C)C)cc2n1. The maximum atomic E-state index is 12.8. The number of aryl methyl sites for hydroxylation is 1. The van der Waals surface area contributed by atoms with E-state index in [2.05, 4.69) is 29.1 Å². The molecule has 0 aliphatic rings. The van der Waals surface area contributed by atoms with E-state index in [9.17, 15) is 4.79 Å². The van der Waals surface area contributed by atoms with Crippen LogP contribution in [0.15, 0.2) is 48.9 Å². The number of aromatic nitrogens is 3. The summed E-state index contributed by atoms with van der Waals surface area (Å²) in [6.45, 7) is 7.28. The van der Waals surface area contributed by atoms with E-state index < -0.39 is 0 Å². The average molecular weight is 337 g/mol. The summed E-state index contributed by atoms with van der Waals surface area (Å²) in [5.41, 5.74) is 3.37. The molecule has 6 nitrogen and oxygen atoms in total. The fraction of sp³-hybridized carbons (Fsp3) is 0.316. The van der Waals surface area contributed by atoms with E-state index in [-0.39, 0.29) is 6.03 Å². The topological polar surface area (TPSA) is 62.5 Å². The van der Waals surface area contributed by atoms with Crippen molar-refractivity contribution in [3.05, 3.63) is 60.3 Å². The third kappa shape index (κ3) is 4.35. The minimum absolute atomic E-state index is 0.132. The first kappa shape index (κ1) is 17.0. The largest absolute Gasteiger partial charge is 0.322 e. The number of imidazole rings is 1. The molecule has 130 valence electrons. The smallest absolute Gasteiger partial charge is 0.318 e. The molecule has 3 aromatic rings. The van der Waals surface area contributed by atoms with Crippen molar-refractivity contribution in [3.63, 3.8) is 0 Å². The molecule has 0 aliphatic heterocycles. The highest BCUT2D eigenvalue weighted by Gasteiger charge is 2.16. The highest BCUT2D eigenvalue weighted by atomic mass is 16.2. The molecule has 0 saturated carbocycles. The molecule has 3 heterocycles. The van der Waals surface area contributed by atoms with Gasteiger partial charge in [-0.05, 0) is 31.0 Å². The number of anilines is 1. The van der Waals surface area contributed by atoms with Gasteiger partial charge in [0.1, 0.15) is 5.65 Å². The third-order valence-electron chi connectivity index (χ3n) is 3.78. The second-order valence-electron chi connectivity index (χ2n) is 6.59. The summed E-state index contributed by atoms with van der Waals surface area (Å²) in [6, 6.07) is 9.35. The Hall–Kier alpha value is -2.89. The number of nitrogens with zero attached hydrogens (tertiary/aromatic N) is 4. The van der Waals surface area contributed by atoms with Gasteiger partial charge in [-0.3, -0.25) is 4.98 Å². The monoisotopic (exact) mass is 337 g/mol. The lowest BCUT2D eigenvalue weighted by Gasteiger charge is -2.24. The van der Waals surface area contributed by atoms with Crippen LogP contribution in [-0.2, 0) is 6.54 Å². The quantitative estimate of drug-likeness (QED) is 0.771. The van der Waals surface area contributed by atoms with Crippen LogP contribution in [-0.4, -0.2) is 31.8 Å². The van der Waals surface area contributed by atoms with Crippen LogP contribution in [0.4, 0.5) is 10.5 Å². The standard InChI is InChI=1S/C19H23N5O/c1-14(2)11-24(13-17-6-4-5-8-20-17)19(25)22-16-7-9-23-12-15(3)21-18(23)10-16/h4-10,12,14H,11,13H2,1-3H3,(H,22,25). The maximum absolute atomic E-state index is 12.8. The van der Waals surface area contributed by atoms with E-state index in [1.165, 1.54) is 0 Å². The number of carbonyl (C=O) groups is 1. The highest BCUT2D eigenvalue weighted by molar-refractivity contribution is 5.89. The lowest BCUT2D eigenvalue weighted by atomic mass is 10.2.